The number of rotatable bonds is 3. The fourth-order valence-corrected chi connectivity index (χ4v) is 3.40. The highest BCUT2D eigenvalue weighted by atomic mass is 35.5. The molecule has 0 radical (unpaired) electrons. The maximum Gasteiger partial charge on any atom is 0.343 e. The van der Waals surface area contributed by atoms with E-state index in [-0.39, 0.29) is 10.8 Å². The molecule has 4 aromatic rings. The van der Waals surface area contributed by atoms with Gasteiger partial charge in [0.05, 0.1) is 16.5 Å². The molecule has 0 bridgehead atoms. The molecule has 1 heterocycles. The number of carbonyl (C=O) groups is 1. The number of esters is 1. The van der Waals surface area contributed by atoms with Crippen LogP contribution in [0.3, 0.4) is 0 Å². The topological polar surface area (TPSA) is 56.5 Å². The molecule has 5 heteroatoms. The summed E-state index contributed by atoms with van der Waals surface area (Å²) in [6.45, 7) is 6.34. The van der Waals surface area contributed by atoms with Crippen LogP contribution in [0, 0.1) is 0 Å². The van der Waals surface area contributed by atoms with Crippen LogP contribution >= 0.6 is 11.6 Å². The zero-order valence-corrected chi connectivity index (χ0v) is 18.2. The molecule has 0 aliphatic rings. The molecular formula is C26H21ClO4. The molecule has 0 aliphatic carbocycles. The van der Waals surface area contributed by atoms with Gasteiger partial charge in [0, 0.05) is 11.1 Å². The number of halogens is 1. The van der Waals surface area contributed by atoms with Gasteiger partial charge >= 0.3 is 5.97 Å². The van der Waals surface area contributed by atoms with E-state index in [1.165, 1.54) is 6.26 Å². The molecule has 0 spiro atoms. The first-order valence-corrected chi connectivity index (χ1v) is 10.2. The Morgan fingerprint density at radius 1 is 0.935 bits per heavy atom. The second kappa shape index (κ2) is 8.05. The molecule has 0 saturated carbocycles. The summed E-state index contributed by atoms with van der Waals surface area (Å²) in [6, 6.07) is 19.1. The number of fused-ring (bicyclic) bond motifs is 1. The molecular weight excluding hydrogens is 412 g/mol. The largest absolute Gasteiger partial charge is 0.463 e. The van der Waals surface area contributed by atoms with Gasteiger partial charge in [0.25, 0.3) is 0 Å². The van der Waals surface area contributed by atoms with Crippen molar-refractivity contribution in [3.8, 4) is 16.9 Å². The molecule has 31 heavy (non-hydrogen) atoms. The molecule has 4 rings (SSSR count). The summed E-state index contributed by atoms with van der Waals surface area (Å²) in [4.78, 5) is 25.4. The average molecular weight is 433 g/mol. The van der Waals surface area contributed by atoms with Crippen molar-refractivity contribution in [3.63, 3.8) is 0 Å². The van der Waals surface area contributed by atoms with Crippen LogP contribution < -0.4 is 10.2 Å². The molecule has 3 aromatic carbocycles. The number of carbonyl (C=O) groups excluding carboxylic acids is 1. The van der Waals surface area contributed by atoms with E-state index in [0.717, 1.165) is 5.56 Å². The van der Waals surface area contributed by atoms with Crippen molar-refractivity contribution in [3.05, 3.63) is 99.4 Å². The minimum atomic E-state index is -0.472. The maximum atomic E-state index is 12.9. The van der Waals surface area contributed by atoms with Crippen molar-refractivity contribution in [1.82, 2.24) is 0 Å². The summed E-state index contributed by atoms with van der Waals surface area (Å²) >= 11 is 5.92. The van der Waals surface area contributed by atoms with Gasteiger partial charge in [0.1, 0.15) is 17.6 Å². The van der Waals surface area contributed by atoms with Gasteiger partial charge < -0.3 is 9.15 Å². The Balaban J connectivity index is 1.59. The van der Waals surface area contributed by atoms with E-state index in [1.54, 1.807) is 54.6 Å². The third-order valence-corrected chi connectivity index (χ3v) is 5.35. The first-order valence-electron chi connectivity index (χ1n) is 9.86. The Hall–Kier alpha value is -3.37. The third kappa shape index (κ3) is 4.39. The van der Waals surface area contributed by atoms with Gasteiger partial charge in [-0.15, -0.1) is 0 Å². The molecule has 1 aromatic heterocycles. The zero-order chi connectivity index (χ0) is 22.2. The van der Waals surface area contributed by atoms with Gasteiger partial charge in [-0.1, -0.05) is 56.6 Å². The van der Waals surface area contributed by atoms with Crippen LogP contribution in [-0.2, 0) is 5.41 Å². The second-order valence-electron chi connectivity index (χ2n) is 8.36. The average Bonchev–Trinajstić information content (AvgIpc) is 2.74. The molecule has 0 amide bonds. The predicted octanol–water partition coefficient (Wildman–Crippen LogP) is 6.63. The second-order valence-corrected chi connectivity index (χ2v) is 8.80. The van der Waals surface area contributed by atoms with E-state index in [4.69, 9.17) is 20.8 Å². The van der Waals surface area contributed by atoms with E-state index < -0.39 is 5.97 Å². The monoisotopic (exact) mass is 432 g/mol. The molecule has 0 unspecified atom stereocenters. The summed E-state index contributed by atoms with van der Waals surface area (Å²) in [5.41, 5.74) is 2.92. The molecule has 0 saturated heterocycles. The van der Waals surface area contributed by atoms with Crippen LogP contribution in [0.4, 0.5) is 0 Å². The van der Waals surface area contributed by atoms with Crippen LogP contribution in [-0.4, -0.2) is 5.97 Å². The normalized spacial score (nSPS) is 11.5. The molecule has 0 atom stereocenters. The van der Waals surface area contributed by atoms with E-state index in [0.29, 0.717) is 38.4 Å². The summed E-state index contributed by atoms with van der Waals surface area (Å²) in [5.74, 6) is -0.167. The number of hydrogen-bond acceptors (Lipinski definition) is 4. The minimum absolute atomic E-state index is 0.00316. The van der Waals surface area contributed by atoms with Crippen molar-refractivity contribution in [2.75, 3.05) is 0 Å². The fraction of sp³-hybridized carbons (Fsp3) is 0.154. The lowest BCUT2D eigenvalue weighted by Gasteiger charge is -2.18. The number of hydrogen-bond donors (Lipinski definition) is 0. The lowest BCUT2D eigenvalue weighted by atomic mass is 9.87. The van der Waals surface area contributed by atoms with Gasteiger partial charge in [0.2, 0.25) is 0 Å². The lowest BCUT2D eigenvalue weighted by molar-refractivity contribution is 0.0735. The fourth-order valence-electron chi connectivity index (χ4n) is 3.27. The molecule has 0 aliphatic heterocycles. The van der Waals surface area contributed by atoms with Crippen molar-refractivity contribution in [2.45, 2.75) is 26.2 Å². The molecule has 4 nitrogen and oxygen atoms in total. The molecule has 156 valence electrons. The Bertz CT molecular complexity index is 1310. The van der Waals surface area contributed by atoms with Gasteiger partial charge in [-0.2, -0.15) is 0 Å². The highest BCUT2D eigenvalue weighted by Gasteiger charge is 2.16. The summed E-state index contributed by atoms with van der Waals surface area (Å²) in [7, 11) is 0. The van der Waals surface area contributed by atoms with Crippen molar-refractivity contribution in [2.24, 2.45) is 0 Å². The van der Waals surface area contributed by atoms with Crippen LogP contribution in [0.25, 0.3) is 22.1 Å². The van der Waals surface area contributed by atoms with E-state index >= 15 is 0 Å². The number of benzene rings is 3. The Labute approximate surface area is 185 Å². The molecule has 0 N–H and O–H groups in total. The quantitative estimate of drug-likeness (QED) is 0.269. The van der Waals surface area contributed by atoms with E-state index in [1.807, 2.05) is 12.1 Å². The van der Waals surface area contributed by atoms with Crippen molar-refractivity contribution in [1.29, 1.82) is 0 Å². The summed E-state index contributed by atoms with van der Waals surface area (Å²) in [5, 5.41) is 0.996. The predicted molar refractivity (Wildman–Crippen MR) is 123 cm³/mol. The third-order valence-electron chi connectivity index (χ3n) is 5.10. The highest BCUT2D eigenvalue weighted by molar-refractivity contribution is 6.30. The Morgan fingerprint density at radius 2 is 1.61 bits per heavy atom. The zero-order valence-electron chi connectivity index (χ0n) is 17.4. The molecule has 0 fully saturated rings. The summed E-state index contributed by atoms with van der Waals surface area (Å²) < 4.78 is 11.2. The standard InChI is InChI=1S/C26H21ClO4/c1-26(2,3)18-8-4-17(5-9-18)25(29)31-20-12-13-21-23(14-20)30-15-22(24(21)28)16-6-10-19(27)11-7-16/h4-15H,1-3H3. The van der Waals surface area contributed by atoms with Crippen LogP contribution in [0.15, 0.2) is 82.2 Å². The van der Waals surface area contributed by atoms with Crippen molar-refractivity contribution >= 4 is 28.5 Å². The Morgan fingerprint density at radius 3 is 2.26 bits per heavy atom. The van der Waals surface area contributed by atoms with Gasteiger partial charge in [-0.05, 0) is 52.9 Å². The van der Waals surface area contributed by atoms with E-state index in [2.05, 4.69) is 20.8 Å². The van der Waals surface area contributed by atoms with Crippen LogP contribution in [0.2, 0.25) is 5.02 Å². The van der Waals surface area contributed by atoms with Crippen LogP contribution in [0.5, 0.6) is 5.75 Å². The van der Waals surface area contributed by atoms with Gasteiger partial charge in [-0.3, -0.25) is 4.79 Å². The summed E-state index contributed by atoms with van der Waals surface area (Å²) in [6.07, 6.45) is 1.41. The lowest BCUT2D eigenvalue weighted by Crippen LogP contribution is -2.13. The van der Waals surface area contributed by atoms with Gasteiger partial charge in [-0.25, -0.2) is 4.79 Å². The SMILES string of the molecule is CC(C)(C)c1ccc(C(=O)Oc2ccc3c(=O)c(-c4ccc(Cl)cc4)coc3c2)cc1. The van der Waals surface area contributed by atoms with E-state index in [9.17, 15) is 9.59 Å². The maximum absolute atomic E-state index is 12.9. The van der Waals surface area contributed by atoms with Crippen molar-refractivity contribution < 1.29 is 13.9 Å². The minimum Gasteiger partial charge on any atom is -0.463 e. The first kappa shape index (κ1) is 20.9. The number of ether oxygens (including phenoxy) is 1. The van der Waals surface area contributed by atoms with Gasteiger partial charge in [0.15, 0.2) is 5.43 Å². The van der Waals surface area contributed by atoms with Crippen LogP contribution in [0.1, 0.15) is 36.7 Å². The smallest absolute Gasteiger partial charge is 0.343 e. The Kier molecular flexibility index (Phi) is 5.42. The highest BCUT2D eigenvalue weighted by Crippen LogP contribution is 2.25. The first-order chi connectivity index (χ1) is 14.7.